The summed E-state index contributed by atoms with van der Waals surface area (Å²) in [5.74, 6) is 6.02. The number of alkyl halides is 1. The van der Waals surface area contributed by atoms with E-state index in [2.05, 4.69) is 34.7 Å². The monoisotopic (exact) mass is 388 g/mol. The molecule has 134 valence electrons. The quantitative estimate of drug-likeness (QED) is 0.176. The molecule has 0 aromatic carbocycles. The number of halogens is 1. The minimum absolute atomic E-state index is 0.233. The highest BCUT2D eigenvalue weighted by molar-refractivity contribution is 9.09. The zero-order valence-electron chi connectivity index (χ0n) is 14.9. The fraction of sp³-hybridized carbons (Fsp3) is 0.842. The van der Waals surface area contributed by atoms with Crippen molar-refractivity contribution in [1.29, 1.82) is 0 Å². The molecular weight excluding hydrogens is 356 g/mol. The first-order chi connectivity index (χ1) is 11.3. The summed E-state index contributed by atoms with van der Waals surface area (Å²) in [5.41, 5.74) is 0. The molecule has 0 aliphatic heterocycles. The van der Waals surface area contributed by atoms with E-state index in [0.29, 0.717) is 26.1 Å². The van der Waals surface area contributed by atoms with Gasteiger partial charge >= 0.3 is 5.97 Å². The molecule has 1 unspecified atom stereocenters. The Morgan fingerprint density at radius 2 is 1.70 bits per heavy atom. The number of carbonyl (C=O) groups excluding carboxylic acids is 1. The molecule has 3 nitrogen and oxygen atoms in total. The molecule has 0 aliphatic rings. The lowest BCUT2D eigenvalue weighted by molar-refractivity contribution is -0.157. The predicted molar refractivity (Wildman–Crippen MR) is 99.8 cm³/mol. The van der Waals surface area contributed by atoms with E-state index < -0.39 is 6.10 Å². The summed E-state index contributed by atoms with van der Waals surface area (Å²) in [6.45, 7) is 5.13. The number of carbonyl (C=O) groups is 1. The van der Waals surface area contributed by atoms with Crippen LogP contribution in [0, 0.1) is 11.8 Å². The van der Waals surface area contributed by atoms with Crippen molar-refractivity contribution in [3.63, 3.8) is 0 Å². The first kappa shape index (κ1) is 22.5. The SMILES string of the molecule is CCCCCC#CCCOC(CC)C(=O)OCCCCCCBr. The van der Waals surface area contributed by atoms with Gasteiger partial charge in [-0.3, -0.25) is 0 Å². The molecule has 0 aromatic heterocycles. The van der Waals surface area contributed by atoms with Gasteiger partial charge in [-0.15, -0.1) is 11.8 Å². The number of esters is 1. The van der Waals surface area contributed by atoms with Gasteiger partial charge in [0.15, 0.2) is 6.10 Å². The van der Waals surface area contributed by atoms with Crippen LogP contribution in [0.25, 0.3) is 0 Å². The van der Waals surface area contributed by atoms with Crippen molar-refractivity contribution in [1.82, 2.24) is 0 Å². The Labute approximate surface area is 151 Å². The lowest BCUT2D eigenvalue weighted by Gasteiger charge is -2.14. The average Bonchev–Trinajstić information content (AvgIpc) is 2.56. The van der Waals surface area contributed by atoms with Crippen LogP contribution in [0.15, 0.2) is 0 Å². The molecule has 1 atom stereocenters. The molecule has 0 saturated carbocycles. The molecule has 23 heavy (non-hydrogen) atoms. The van der Waals surface area contributed by atoms with E-state index in [4.69, 9.17) is 9.47 Å². The largest absolute Gasteiger partial charge is 0.464 e. The van der Waals surface area contributed by atoms with Crippen molar-refractivity contribution in [3.05, 3.63) is 0 Å². The molecule has 0 amide bonds. The van der Waals surface area contributed by atoms with Crippen LogP contribution in [0.5, 0.6) is 0 Å². The topological polar surface area (TPSA) is 35.5 Å². The Morgan fingerprint density at radius 1 is 0.957 bits per heavy atom. The zero-order valence-corrected chi connectivity index (χ0v) is 16.5. The minimum atomic E-state index is -0.445. The van der Waals surface area contributed by atoms with Gasteiger partial charge < -0.3 is 9.47 Å². The first-order valence-corrected chi connectivity index (χ1v) is 10.2. The van der Waals surface area contributed by atoms with Crippen LogP contribution < -0.4 is 0 Å². The van der Waals surface area contributed by atoms with Crippen LogP contribution in [0.1, 0.15) is 78.1 Å². The van der Waals surface area contributed by atoms with E-state index in [1.165, 1.54) is 32.1 Å². The first-order valence-electron chi connectivity index (χ1n) is 9.06. The lowest BCUT2D eigenvalue weighted by atomic mass is 10.2. The van der Waals surface area contributed by atoms with Gasteiger partial charge in [-0.2, -0.15) is 0 Å². The summed E-state index contributed by atoms with van der Waals surface area (Å²) in [6.07, 6.45) is 9.86. The number of hydrogen-bond donors (Lipinski definition) is 0. The second-order valence-corrected chi connectivity index (χ2v) is 6.39. The van der Waals surface area contributed by atoms with Crippen molar-refractivity contribution >= 4 is 21.9 Å². The standard InChI is InChI=1S/C19H33BrO3/c1-3-5-6-7-8-10-13-16-22-18(4-2)19(21)23-17-14-11-9-12-15-20/h18H,3-7,9,11-17H2,1-2H3. The molecule has 0 radical (unpaired) electrons. The van der Waals surface area contributed by atoms with Crippen LogP contribution in [0.3, 0.4) is 0 Å². The van der Waals surface area contributed by atoms with Gasteiger partial charge in [-0.05, 0) is 25.7 Å². The number of ether oxygens (including phenoxy) is 2. The number of rotatable bonds is 14. The Kier molecular flexibility index (Phi) is 17.4. The van der Waals surface area contributed by atoms with Crippen molar-refractivity contribution in [2.45, 2.75) is 84.2 Å². The Balaban J connectivity index is 3.68. The van der Waals surface area contributed by atoms with E-state index in [9.17, 15) is 4.79 Å². The summed E-state index contributed by atoms with van der Waals surface area (Å²) >= 11 is 3.41. The molecule has 0 rings (SSSR count). The highest BCUT2D eigenvalue weighted by Crippen LogP contribution is 2.05. The van der Waals surface area contributed by atoms with Crippen LogP contribution in [0.4, 0.5) is 0 Å². The molecule has 0 bridgehead atoms. The third kappa shape index (κ3) is 14.8. The van der Waals surface area contributed by atoms with Gasteiger partial charge in [-0.25, -0.2) is 4.79 Å². The second-order valence-electron chi connectivity index (χ2n) is 5.60. The van der Waals surface area contributed by atoms with Crippen LogP contribution in [-0.2, 0) is 14.3 Å². The highest BCUT2D eigenvalue weighted by Gasteiger charge is 2.17. The average molecular weight is 389 g/mol. The Hall–Kier alpha value is -0.530. The highest BCUT2D eigenvalue weighted by atomic mass is 79.9. The molecule has 0 fully saturated rings. The van der Waals surface area contributed by atoms with E-state index in [-0.39, 0.29) is 5.97 Å². The maximum atomic E-state index is 11.9. The normalized spacial score (nSPS) is 11.6. The number of unbranched alkanes of at least 4 members (excludes halogenated alkanes) is 6. The molecule has 0 aromatic rings. The predicted octanol–water partition coefficient (Wildman–Crippen LogP) is 5.25. The summed E-state index contributed by atoms with van der Waals surface area (Å²) < 4.78 is 10.9. The molecule has 0 N–H and O–H groups in total. The van der Waals surface area contributed by atoms with Gasteiger partial charge in [-0.1, -0.05) is 55.5 Å². The van der Waals surface area contributed by atoms with Crippen molar-refractivity contribution in [2.24, 2.45) is 0 Å². The third-order valence-electron chi connectivity index (χ3n) is 3.48. The van der Waals surface area contributed by atoms with E-state index in [0.717, 1.165) is 24.6 Å². The van der Waals surface area contributed by atoms with Crippen LogP contribution >= 0.6 is 15.9 Å². The third-order valence-corrected chi connectivity index (χ3v) is 4.04. The van der Waals surface area contributed by atoms with Gasteiger partial charge in [0.1, 0.15) is 0 Å². The molecule has 0 saturated heterocycles. The summed E-state index contributed by atoms with van der Waals surface area (Å²) in [5, 5.41) is 1.04. The molecule has 0 heterocycles. The zero-order chi connectivity index (χ0) is 17.2. The Bertz CT molecular complexity index is 333. The van der Waals surface area contributed by atoms with Crippen molar-refractivity contribution in [2.75, 3.05) is 18.5 Å². The van der Waals surface area contributed by atoms with Gasteiger partial charge in [0.05, 0.1) is 13.2 Å². The minimum Gasteiger partial charge on any atom is -0.464 e. The summed E-state index contributed by atoms with van der Waals surface area (Å²) in [6, 6.07) is 0. The van der Waals surface area contributed by atoms with Gasteiger partial charge in [0, 0.05) is 18.2 Å². The fourth-order valence-electron chi connectivity index (χ4n) is 2.06. The maximum Gasteiger partial charge on any atom is 0.335 e. The molecular formula is C19H33BrO3. The van der Waals surface area contributed by atoms with Crippen molar-refractivity contribution < 1.29 is 14.3 Å². The second kappa shape index (κ2) is 17.8. The summed E-state index contributed by atoms with van der Waals surface area (Å²) in [4.78, 5) is 11.9. The van der Waals surface area contributed by atoms with E-state index in [1.54, 1.807) is 0 Å². The fourth-order valence-corrected chi connectivity index (χ4v) is 2.46. The lowest BCUT2D eigenvalue weighted by Crippen LogP contribution is -2.26. The molecule has 0 aliphatic carbocycles. The van der Waals surface area contributed by atoms with Crippen molar-refractivity contribution in [3.8, 4) is 11.8 Å². The number of hydrogen-bond acceptors (Lipinski definition) is 3. The van der Waals surface area contributed by atoms with Gasteiger partial charge in [0.25, 0.3) is 0 Å². The van der Waals surface area contributed by atoms with E-state index in [1.807, 2.05) is 6.92 Å². The van der Waals surface area contributed by atoms with Crippen LogP contribution in [-0.4, -0.2) is 30.6 Å². The van der Waals surface area contributed by atoms with Crippen LogP contribution in [0.2, 0.25) is 0 Å². The summed E-state index contributed by atoms with van der Waals surface area (Å²) in [7, 11) is 0. The Morgan fingerprint density at radius 3 is 2.39 bits per heavy atom. The smallest absolute Gasteiger partial charge is 0.335 e. The van der Waals surface area contributed by atoms with E-state index >= 15 is 0 Å². The van der Waals surface area contributed by atoms with Gasteiger partial charge in [0.2, 0.25) is 0 Å². The maximum absolute atomic E-state index is 11.9. The molecule has 0 spiro atoms. The molecule has 4 heteroatoms.